The number of amides is 1. The van der Waals surface area contributed by atoms with Crippen molar-refractivity contribution in [2.75, 3.05) is 5.75 Å². The molecule has 1 aromatic heterocycles. The number of nitrogens with one attached hydrogen (secondary N) is 1. The molecule has 1 amide bonds. The number of carbonyl (C=O) groups is 1. The summed E-state index contributed by atoms with van der Waals surface area (Å²) in [6.07, 6.45) is 0. The van der Waals surface area contributed by atoms with Gasteiger partial charge in [-0.2, -0.15) is 0 Å². The van der Waals surface area contributed by atoms with Crippen molar-refractivity contribution < 1.29 is 9.21 Å². The van der Waals surface area contributed by atoms with Gasteiger partial charge in [-0.3, -0.25) is 4.79 Å². The molecule has 3 aromatic rings. The molecular formula is C18H17N3O2S. The van der Waals surface area contributed by atoms with Crippen LogP contribution in [0.3, 0.4) is 0 Å². The molecule has 0 saturated carbocycles. The normalized spacial score (nSPS) is 11.9. The van der Waals surface area contributed by atoms with E-state index in [1.807, 2.05) is 67.6 Å². The van der Waals surface area contributed by atoms with Crippen LogP contribution in [0.15, 0.2) is 70.3 Å². The number of nitrogens with zero attached hydrogens (tertiary/aromatic N) is 2. The molecule has 5 nitrogen and oxygen atoms in total. The summed E-state index contributed by atoms with van der Waals surface area (Å²) in [6, 6.07) is 19.3. The summed E-state index contributed by atoms with van der Waals surface area (Å²) in [5, 5.41) is 11.3. The van der Waals surface area contributed by atoms with Crippen LogP contribution in [0.1, 0.15) is 18.5 Å². The topological polar surface area (TPSA) is 68.0 Å². The number of benzene rings is 2. The molecule has 0 unspecified atom stereocenters. The second-order valence-electron chi connectivity index (χ2n) is 5.23. The van der Waals surface area contributed by atoms with Gasteiger partial charge in [0.2, 0.25) is 11.8 Å². The van der Waals surface area contributed by atoms with Gasteiger partial charge < -0.3 is 9.73 Å². The summed E-state index contributed by atoms with van der Waals surface area (Å²) in [7, 11) is 0. The third-order valence-corrected chi connectivity index (χ3v) is 4.25. The van der Waals surface area contributed by atoms with Gasteiger partial charge in [0.25, 0.3) is 5.22 Å². The third kappa shape index (κ3) is 4.23. The first-order valence-corrected chi connectivity index (χ1v) is 8.57. The average Bonchev–Trinajstić information content (AvgIpc) is 3.10. The van der Waals surface area contributed by atoms with E-state index in [0.717, 1.165) is 11.1 Å². The van der Waals surface area contributed by atoms with Crippen LogP contribution in [0, 0.1) is 0 Å². The van der Waals surface area contributed by atoms with Crippen LogP contribution in [-0.4, -0.2) is 21.9 Å². The molecule has 0 saturated heterocycles. The molecule has 6 heteroatoms. The first-order chi connectivity index (χ1) is 11.7. The summed E-state index contributed by atoms with van der Waals surface area (Å²) >= 11 is 1.23. The van der Waals surface area contributed by atoms with E-state index in [1.54, 1.807) is 0 Å². The first-order valence-electron chi connectivity index (χ1n) is 7.58. The largest absolute Gasteiger partial charge is 0.411 e. The van der Waals surface area contributed by atoms with Gasteiger partial charge in [-0.15, -0.1) is 10.2 Å². The van der Waals surface area contributed by atoms with Crippen LogP contribution in [-0.2, 0) is 4.79 Å². The van der Waals surface area contributed by atoms with E-state index < -0.39 is 0 Å². The second-order valence-corrected chi connectivity index (χ2v) is 6.15. The van der Waals surface area contributed by atoms with Crippen LogP contribution in [0.25, 0.3) is 11.5 Å². The molecule has 0 aliphatic heterocycles. The van der Waals surface area contributed by atoms with Crippen molar-refractivity contribution in [2.24, 2.45) is 0 Å². The smallest absolute Gasteiger partial charge is 0.277 e. The molecule has 2 aromatic carbocycles. The van der Waals surface area contributed by atoms with E-state index in [1.165, 1.54) is 11.8 Å². The number of hydrogen-bond acceptors (Lipinski definition) is 5. The standard InChI is InChI=1S/C18H17N3O2S/c1-13(14-8-4-2-5-9-14)19-16(22)12-24-18-21-20-17(23-18)15-10-6-3-7-11-15/h2-11,13H,12H2,1H3,(H,19,22)/t13-/m1/s1. The molecule has 1 N–H and O–H groups in total. The van der Waals surface area contributed by atoms with Crippen molar-refractivity contribution in [1.82, 2.24) is 15.5 Å². The van der Waals surface area contributed by atoms with Gasteiger partial charge in [0, 0.05) is 5.56 Å². The minimum Gasteiger partial charge on any atom is -0.411 e. The zero-order valence-corrected chi connectivity index (χ0v) is 14.0. The second kappa shape index (κ2) is 7.79. The molecular weight excluding hydrogens is 322 g/mol. The highest BCUT2D eigenvalue weighted by Crippen LogP contribution is 2.22. The molecule has 122 valence electrons. The monoisotopic (exact) mass is 339 g/mol. The molecule has 0 aliphatic rings. The molecule has 0 fully saturated rings. The van der Waals surface area contributed by atoms with Crippen LogP contribution < -0.4 is 5.32 Å². The van der Waals surface area contributed by atoms with Gasteiger partial charge in [0.05, 0.1) is 11.8 Å². The van der Waals surface area contributed by atoms with Crippen molar-refractivity contribution >= 4 is 17.7 Å². The molecule has 0 spiro atoms. The zero-order chi connectivity index (χ0) is 16.8. The van der Waals surface area contributed by atoms with Gasteiger partial charge in [-0.1, -0.05) is 60.3 Å². The lowest BCUT2D eigenvalue weighted by molar-refractivity contribution is -0.119. The summed E-state index contributed by atoms with van der Waals surface area (Å²) < 4.78 is 5.57. The Morgan fingerprint density at radius 1 is 1.08 bits per heavy atom. The van der Waals surface area contributed by atoms with Crippen molar-refractivity contribution in [3.63, 3.8) is 0 Å². The lowest BCUT2D eigenvalue weighted by Crippen LogP contribution is -2.28. The van der Waals surface area contributed by atoms with Crippen LogP contribution >= 0.6 is 11.8 Å². The van der Waals surface area contributed by atoms with Gasteiger partial charge in [-0.25, -0.2) is 0 Å². The van der Waals surface area contributed by atoms with Crippen molar-refractivity contribution in [3.05, 3.63) is 66.2 Å². The highest BCUT2D eigenvalue weighted by molar-refractivity contribution is 7.99. The van der Waals surface area contributed by atoms with Gasteiger partial charge in [0.15, 0.2) is 0 Å². The molecule has 0 bridgehead atoms. The van der Waals surface area contributed by atoms with E-state index in [9.17, 15) is 4.79 Å². The Labute approximate surface area is 144 Å². The number of aromatic nitrogens is 2. The summed E-state index contributed by atoms with van der Waals surface area (Å²) in [5.74, 6) is 0.611. The molecule has 1 heterocycles. The Morgan fingerprint density at radius 2 is 1.75 bits per heavy atom. The van der Waals surface area contributed by atoms with Crippen molar-refractivity contribution in [3.8, 4) is 11.5 Å². The Morgan fingerprint density at radius 3 is 2.46 bits per heavy atom. The maximum Gasteiger partial charge on any atom is 0.277 e. The van der Waals surface area contributed by atoms with Crippen LogP contribution in [0.4, 0.5) is 0 Å². The summed E-state index contributed by atoms with van der Waals surface area (Å²) in [6.45, 7) is 1.96. The predicted octanol–water partition coefficient (Wildman–Crippen LogP) is 3.71. The minimum absolute atomic E-state index is 0.0399. The molecule has 3 rings (SSSR count). The number of carbonyl (C=O) groups excluding carboxylic acids is 1. The Kier molecular flexibility index (Phi) is 5.28. The lowest BCUT2D eigenvalue weighted by atomic mass is 10.1. The summed E-state index contributed by atoms with van der Waals surface area (Å²) in [4.78, 5) is 12.1. The average molecular weight is 339 g/mol. The Hall–Kier alpha value is -2.60. The number of thioether (sulfide) groups is 1. The Balaban J connectivity index is 1.53. The SMILES string of the molecule is C[C@@H](NC(=O)CSc1nnc(-c2ccccc2)o1)c1ccccc1. The fourth-order valence-corrected chi connectivity index (χ4v) is 2.78. The predicted molar refractivity (Wildman–Crippen MR) is 93.5 cm³/mol. The molecule has 0 radical (unpaired) electrons. The van der Waals surface area contributed by atoms with Crippen molar-refractivity contribution in [2.45, 2.75) is 18.2 Å². The number of rotatable bonds is 6. The van der Waals surface area contributed by atoms with Gasteiger partial charge in [-0.05, 0) is 24.6 Å². The van der Waals surface area contributed by atoms with E-state index in [4.69, 9.17) is 4.42 Å². The van der Waals surface area contributed by atoms with E-state index in [0.29, 0.717) is 11.1 Å². The van der Waals surface area contributed by atoms with Crippen LogP contribution in [0.2, 0.25) is 0 Å². The highest BCUT2D eigenvalue weighted by atomic mass is 32.2. The minimum atomic E-state index is -0.0733. The van der Waals surface area contributed by atoms with E-state index in [-0.39, 0.29) is 17.7 Å². The van der Waals surface area contributed by atoms with Crippen molar-refractivity contribution in [1.29, 1.82) is 0 Å². The molecule has 24 heavy (non-hydrogen) atoms. The first kappa shape index (κ1) is 16.3. The fourth-order valence-electron chi connectivity index (χ4n) is 2.20. The van der Waals surface area contributed by atoms with Crippen LogP contribution in [0.5, 0.6) is 0 Å². The van der Waals surface area contributed by atoms with E-state index >= 15 is 0 Å². The highest BCUT2D eigenvalue weighted by Gasteiger charge is 2.13. The Bertz CT molecular complexity index is 790. The fraction of sp³-hybridized carbons (Fsp3) is 0.167. The van der Waals surface area contributed by atoms with E-state index in [2.05, 4.69) is 15.5 Å². The molecule has 0 aliphatic carbocycles. The van der Waals surface area contributed by atoms with Gasteiger partial charge in [0.1, 0.15) is 0 Å². The maximum atomic E-state index is 12.1. The lowest BCUT2D eigenvalue weighted by Gasteiger charge is -2.13. The maximum absolute atomic E-state index is 12.1. The number of hydrogen-bond donors (Lipinski definition) is 1. The quantitative estimate of drug-likeness (QED) is 0.694. The summed E-state index contributed by atoms with van der Waals surface area (Å²) in [5.41, 5.74) is 1.93. The third-order valence-electron chi connectivity index (χ3n) is 3.43. The molecule has 1 atom stereocenters. The zero-order valence-electron chi connectivity index (χ0n) is 13.2. The van der Waals surface area contributed by atoms with Gasteiger partial charge >= 0.3 is 0 Å².